The first-order chi connectivity index (χ1) is 13.8. The van der Waals surface area contributed by atoms with Crippen LogP contribution in [0.2, 0.25) is 0 Å². The summed E-state index contributed by atoms with van der Waals surface area (Å²) in [5, 5.41) is 14.7. The van der Waals surface area contributed by atoms with Crippen molar-refractivity contribution < 1.29 is 0 Å². The molecule has 0 bridgehead atoms. The number of hydrogen-bond donors (Lipinski definition) is 0. The molecule has 0 amide bonds. The van der Waals surface area contributed by atoms with E-state index in [2.05, 4.69) is 50.0 Å². The number of benzene rings is 1. The zero-order valence-corrected chi connectivity index (χ0v) is 17.1. The Hall–Kier alpha value is -2.28. The van der Waals surface area contributed by atoms with Crippen molar-refractivity contribution in [2.75, 3.05) is 18.0 Å². The molecule has 0 N–H and O–H groups in total. The van der Waals surface area contributed by atoms with E-state index in [1.165, 1.54) is 31.2 Å². The maximum absolute atomic E-state index is 4.59. The molecule has 1 aliphatic carbocycles. The Balaban J connectivity index is 1.30. The molecule has 0 unspecified atom stereocenters. The van der Waals surface area contributed by atoms with Gasteiger partial charge in [-0.15, -0.1) is 10.2 Å². The molecule has 1 aliphatic heterocycles. The van der Waals surface area contributed by atoms with Gasteiger partial charge in [-0.3, -0.25) is 4.57 Å². The predicted molar refractivity (Wildman–Crippen MR) is 112 cm³/mol. The lowest BCUT2D eigenvalue weighted by molar-refractivity contribution is 0.429. The fourth-order valence-corrected chi connectivity index (χ4v) is 4.66. The van der Waals surface area contributed by atoms with Crippen molar-refractivity contribution in [3.63, 3.8) is 0 Å². The first-order valence-corrected chi connectivity index (χ1v) is 11.2. The van der Waals surface area contributed by atoms with Crippen LogP contribution < -0.4 is 4.90 Å². The van der Waals surface area contributed by atoms with Gasteiger partial charge in [-0.05, 0) is 43.7 Å². The van der Waals surface area contributed by atoms with Crippen molar-refractivity contribution in [1.82, 2.24) is 24.5 Å². The molecular weight excluding hydrogens is 368 g/mol. The van der Waals surface area contributed by atoms with Gasteiger partial charge in [0, 0.05) is 36.6 Å². The molecule has 0 spiro atoms. The average molecular weight is 395 g/mol. The van der Waals surface area contributed by atoms with E-state index in [9.17, 15) is 0 Å². The summed E-state index contributed by atoms with van der Waals surface area (Å²) in [4.78, 5) is 2.43. The van der Waals surface area contributed by atoms with Gasteiger partial charge in [0.05, 0.1) is 11.9 Å². The Labute approximate surface area is 170 Å². The summed E-state index contributed by atoms with van der Waals surface area (Å²) in [6, 6.07) is 10.8. The average Bonchev–Trinajstić information content (AvgIpc) is 3.30. The van der Waals surface area contributed by atoms with Crippen molar-refractivity contribution in [2.24, 2.45) is 5.92 Å². The SMILES string of the molecule is CC1CCN(c2nnc(SCc3cnn(-c4ccccc4)c3)n2C2CC2)CC1. The van der Waals surface area contributed by atoms with Crippen LogP contribution in [-0.4, -0.2) is 37.6 Å². The molecule has 3 aromatic rings. The van der Waals surface area contributed by atoms with Crippen LogP contribution in [0.25, 0.3) is 5.69 Å². The summed E-state index contributed by atoms with van der Waals surface area (Å²) in [6.07, 6.45) is 9.04. The highest BCUT2D eigenvalue weighted by atomic mass is 32.2. The number of piperidine rings is 1. The van der Waals surface area contributed by atoms with Crippen LogP contribution in [0.1, 0.15) is 44.2 Å². The van der Waals surface area contributed by atoms with Gasteiger partial charge in [-0.2, -0.15) is 5.10 Å². The van der Waals surface area contributed by atoms with E-state index in [0.717, 1.165) is 41.6 Å². The third-order valence-electron chi connectivity index (χ3n) is 5.65. The second-order valence-electron chi connectivity index (χ2n) is 7.97. The second-order valence-corrected chi connectivity index (χ2v) is 8.91. The minimum absolute atomic E-state index is 0.582. The smallest absolute Gasteiger partial charge is 0.228 e. The zero-order valence-electron chi connectivity index (χ0n) is 16.2. The molecule has 7 heteroatoms. The Bertz CT molecular complexity index is 922. The van der Waals surface area contributed by atoms with Crippen molar-refractivity contribution in [2.45, 2.75) is 49.6 Å². The molecule has 0 radical (unpaired) electrons. The van der Waals surface area contributed by atoms with Gasteiger partial charge in [-0.25, -0.2) is 4.68 Å². The van der Waals surface area contributed by atoms with Crippen LogP contribution in [0, 0.1) is 5.92 Å². The Morgan fingerprint density at radius 2 is 1.82 bits per heavy atom. The van der Waals surface area contributed by atoms with Gasteiger partial charge < -0.3 is 4.90 Å². The number of rotatable bonds is 6. The zero-order chi connectivity index (χ0) is 18.9. The van der Waals surface area contributed by atoms with Gasteiger partial charge in [0.15, 0.2) is 5.16 Å². The van der Waals surface area contributed by atoms with Gasteiger partial charge in [0.1, 0.15) is 0 Å². The van der Waals surface area contributed by atoms with Crippen molar-refractivity contribution in [3.05, 3.63) is 48.3 Å². The van der Waals surface area contributed by atoms with Crippen molar-refractivity contribution in [3.8, 4) is 5.69 Å². The fraction of sp³-hybridized carbons (Fsp3) is 0.476. The molecular formula is C21H26N6S. The van der Waals surface area contributed by atoms with Gasteiger partial charge in [0.25, 0.3) is 0 Å². The van der Waals surface area contributed by atoms with Crippen molar-refractivity contribution in [1.29, 1.82) is 0 Å². The van der Waals surface area contributed by atoms with Crippen LogP contribution >= 0.6 is 11.8 Å². The summed E-state index contributed by atoms with van der Waals surface area (Å²) in [7, 11) is 0. The molecule has 6 nitrogen and oxygen atoms in total. The monoisotopic (exact) mass is 394 g/mol. The lowest BCUT2D eigenvalue weighted by Gasteiger charge is -2.31. The van der Waals surface area contributed by atoms with E-state index in [4.69, 9.17) is 0 Å². The van der Waals surface area contributed by atoms with Crippen molar-refractivity contribution >= 4 is 17.7 Å². The second kappa shape index (κ2) is 7.62. The molecule has 146 valence electrons. The number of nitrogens with zero attached hydrogens (tertiary/aromatic N) is 6. The lowest BCUT2D eigenvalue weighted by Crippen LogP contribution is -2.34. The highest BCUT2D eigenvalue weighted by molar-refractivity contribution is 7.98. The third-order valence-corrected chi connectivity index (χ3v) is 6.66. The van der Waals surface area contributed by atoms with Crippen LogP contribution in [0.5, 0.6) is 0 Å². The van der Waals surface area contributed by atoms with Crippen LogP contribution in [0.4, 0.5) is 5.95 Å². The van der Waals surface area contributed by atoms with Crippen LogP contribution in [-0.2, 0) is 5.75 Å². The molecule has 0 atom stereocenters. The highest BCUT2D eigenvalue weighted by Gasteiger charge is 2.32. The van der Waals surface area contributed by atoms with E-state index < -0.39 is 0 Å². The molecule has 3 heterocycles. The minimum atomic E-state index is 0.582. The molecule has 28 heavy (non-hydrogen) atoms. The molecule has 2 aliphatic rings. The number of para-hydroxylation sites is 1. The van der Waals surface area contributed by atoms with E-state index in [0.29, 0.717) is 6.04 Å². The molecule has 1 aromatic carbocycles. The third kappa shape index (κ3) is 3.68. The normalized spacial score (nSPS) is 18.0. The highest BCUT2D eigenvalue weighted by Crippen LogP contribution is 2.41. The topological polar surface area (TPSA) is 51.8 Å². The summed E-state index contributed by atoms with van der Waals surface area (Å²) >= 11 is 1.77. The molecule has 5 rings (SSSR count). The lowest BCUT2D eigenvalue weighted by atomic mass is 10.00. The molecule has 2 aromatic heterocycles. The first-order valence-electron chi connectivity index (χ1n) is 10.2. The standard InChI is InChI=1S/C21H26N6S/c1-16-9-11-25(12-10-16)20-23-24-21(27(20)19-7-8-19)28-15-17-13-22-26(14-17)18-5-3-2-4-6-18/h2-6,13-14,16,19H,7-12,15H2,1H3. The first kappa shape index (κ1) is 17.8. The van der Waals surface area contributed by atoms with E-state index in [1.54, 1.807) is 11.8 Å². The van der Waals surface area contributed by atoms with E-state index in [-0.39, 0.29) is 0 Å². The summed E-state index contributed by atoms with van der Waals surface area (Å²) in [6.45, 7) is 4.54. The van der Waals surface area contributed by atoms with Gasteiger partial charge >= 0.3 is 0 Å². The Morgan fingerprint density at radius 1 is 1.04 bits per heavy atom. The number of anilines is 1. The maximum atomic E-state index is 4.59. The Morgan fingerprint density at radius 3 is 2.57 bits per heavy atom. The van der Waals surface area contributed by atoms with Gasteiger partial charge in [0.2, 0.25) is 5.95 Å². The molecule has 1 saturated heterocycles. The summed E-state index contributed by atoms with van der Waals surface area (Å²) < 4.78 is 4.32. The summed E-state index contributed by atoms with van der Waals surface area (Å²) in [5.74, 6) is 2.76. The van der Waals surface area contributed by atoms with Crippen LogP contribution in [0.15, 0.2) is 47.9 Å². The number of thioether (sulfide) groups is 1. The largest absolute Gasteiger partial charge is 0.341 e. The predicted octanol–water partition coefficient (Wildman–Crippen LogP) is 4.33. The molecule has 1 saturated carbocycles. The van der Waals surface area contributed by atoms with E-state index in [1.807, 2.05) is 29.1 Å². The fourth-order valence-electron chi connectivity index (χ4n) is 3.75. The number of aromatic nitrogens is 5. The minimum Gasteiger partial charge on any atom is -0.341 e. The quantitative estimate of drug-likeness (QED) is 0.583. The van der Waals surface area contributed by atoms with E-state index >= 15 is 0 Å². The summed E-state index contributed by atoms with van der Waals surface area (Å²) in [5.41, 5.74) is 2.29. The Kier molecular flexibility index (Phi) is 4.84. The molecule has 2 fully saturated rings. The maximum Gasteiger partial charge on any atom is 0.228 e. The van der Waals surface area contributed by atoms with Crippen LogP contribution in [0.3, 0.4) is 0 Å². The van der Waals surface area contributed by atoms with Gasteiger partial charge in [-0.1, -0.05) is 36.9 Å². The number of hydrogen-bond acceptors (Lipinski definition) is 5.